The zero-order chi connectivity index (χ0) is 23.4. The molecule has 1 aliphatic heterocycles. The van der Waals surface area contributed by atoms with Gasteiger partial charge in [0.05, 0.1) is 23.3 Å². The fourth-order valence-electron chi connectivity index (χ4n) is 3.62. The molecular weight excluding hydrogens is 442 g/mol. The number of aryl methyl sites for hydroxylation is 1. The van der Waals surface area contributed by atoms with E-state index in [1.54, 1.807) is 41.1 Å². The molecule has 9 nitrogen and oxygen atoms in total. The lowest BCUT2D eigenvalue weighted by molar-refractivity contribution is -0.129. The van der Waals surface area contributed by atoms with Gasteiger partial charge in [-0.2, -0.15) is 0 Å². The summed E-state index contributed by atoms with van der Waals surface area (Å²) in [4.78, 5) is 50.4. The molecule has 3 heterocycles. The summed E-state index contributed by atoms with van der Waals surface area (Å²) in [7, 11) is 0. The number of pyridine rings is 1. The van der Waals surface area contributed by atoms with Gasteiger partial charge in [0.2, 0.25) is 5.91 Å². The summed E-state index contributed by atoms with van der Waals surface area (Å²) in [5.74, 6) is 0.515. The molecule has 33 heavy (non-hydrogen) atoms. The van der Waals surface area contributed by atoms with Crippen LogP contribution in [0.15, 0.2) is 52.5 Å². The molecule has 0 saturated carbocycles. The molecule has 2 aromatic heterocycles. The SMILES string of the molecule is CCOC(=O)N1CCN(C(=O)CSc2nc3ccccc3c(=O)n2-c2cc(C)ccn2)CC1. The first-order valence-corrected chi connectivity index (χ1v) is 11.7. The summed E-state index contributed by atoms with van der Waals surface area (Å²) in [5, 5.41) is 0.905. The summed E-state index contributed by atoms with van der Waals surface area (Å²) in [5.41, 5.74) is 1.31. The average Bonchev–Trinajstić information content (AvgIpc) is 2.83. The summed E-state index contributed by atoms with van der Waals surface area (Å²) in [6.45, 7) is 5.76. The Hall–Kier alpha value is -3.40. The molecule has 4 rings (SSSR count). The second-order valence-electron chi connectivity index (χ2n) is 7.60. The van der Waals surface area contributed by atoms with E-state index >= 15 is 0 Å². The Kier molecular flexibility index (Phi) is 6.93. The number of hydrogen-bond acceptors (Lipinski definition) is 7. The van der Waals surface area contributed by atoms with Crippen molar-refractivity contribution in [2.45, 2.75) is 19.0 Å². The summed E-state index contributed by atoms with van der Waals surface area (Å²) in [6.07, 6.45) is 1.29. The minimum atomic E-state index is -0.353. The van der Waals surface area contributed by atoms with Crippen molar-refractivity contribution in [3.63, 3.8) is 0 Å². The highest BCUT2D eigenvalue weighted by Crippen LogP contribution is 2.21. The lowest BCUT2D eigenvalue weighted by Crippen LogP contribution is -2.51. The van der Waals surface area contributed by atoms with Gasteiger partial charge in [0.1, 0.15) is 5.82 Å². The number of para-hydroxylation sites is 1. The third-order valence-electron chi connectivity index (χ3n) is 5.36. The van der Waals surface area contributed by atoms with E-state index in [4.69, 9.17) is 4.74 Å². The Morgan fingerprint density at radius 3 is 2.55 bits per heavy atom. The molecule has 1 aliphatic rings. The summed E-state index contributed by atoms with van der Waals surface area (Å²) >= 11 is 1.21. The fourth-order valence-corrected chi connectivity index (χ4v) is 4.53. The third kappa shape index (κ3) is 5.00. The zero-order valence-electron chi connectivity index (χ0n) is 18.6. The van der Waals surface area contributed by atoms with Crippen molar-refractivity contribution < 1.29 is 14.3 Å². The van der Waals surface area contributed by atoms with Gasteiger partial charge in [-0.1, -0.05) is 23.9 Å². The van der Waals surface area contributed by atoms with Gasteiger partial charge in [-0.3, -0.25) is 9.59 Å². The summed E-state index contributed by atoms with van der Waals surface area (Å²) < 4.78 is 6.49. The summed E-state index contributed by atoms with van der Waals surface area (Å²) in [6, 6.07) is 10.8. The van der Waals surface area contributed by atoms with Crippen LogP contribution in [0.4, 0.5) is 4.79 Å². The van der Waals surface area contributed by atoms with Crippen LogP contribution in [0.5, 0.6) is 0 Å². The van der Waals surface area contributed by atoms with E-state index in [0.717, 1.165) is 5.56 Å². The molecule has 0 spiro atoms. The highest BCUT2D eigenvalue weighted by molar-refractivity contribution is 7.99. The number of thioether (sulfide) groups is 1. The normalized spacial score (nSPS) is 13.9. The third-order valence-corrected chi connectivity index (χ3v) is 6.28. The molecule has 0 N–H and O–H groups in total. The largest absolute Gasteiger partial charge is 0.450 e. The van der Waals surface area contributed by atoms with Gasteiger partial charge >= 0.3 is 6.09 Å². The Morgan fingerprint density at radius 1 is 1.09 bits per heavy atom. The van der Waals surface area contributed by atoms with Crippen LogP contribution in [-0.4, -0.2) is 74.9 Å². The van der Waals surface area contributed by atoms with E-state index in [1.165, 1.54) is 16.3 Å². The van der Waals surface area contributed by atoms with Crippen LogP contribution in [0.25, 0.3) is 16.7 Å². The van der Waals surface area contributed by atoms with Crippen molar-refractivity contribution >= 4 is 34.7 Å². The van der Waals surface area contributed by atoms with Crippen molar-refractivity contribution in [3.05, 3.63) is 58.5 Å². The number of rotatable bonds is 5. The average molecular weight is 468 g/mol. The maximum Gasteiger partial charge on any atom is 0.409 e. The van der Waals surface area contributed by atoms with E-state index in [0.29, 0.717) is 54.7 Å². The Morgan fingerprint density at radius 2 is 1.82 bits per heavy atom. The Labute approximate surface area is 195 Å². The van der Waals surface area contributed by atoms with Crippen LogP contribution in [0.3, 0.4) is 0 Å². The Balaban J connectivity index is 1.54. The molecule has 0 atom stereocenters. The van der Waals surface area contributed by atoms with Gasteiger partial charge in [-0.25, -0.2) is 19.3 Å². The topological polar surface area (TPSA) is 97.6 Å². The lowest BCUT2D eigenvalue weighted by atomic mass is 10.2. The van der Waals surface area contributed by atoms with E-state index in [1.807, 2.05) is 25.1 Å². The molecule has 172 valence electrons. The first-order chi connectivity index (χ1) is 16.0. The molecule has 10 heteroatoms. The number of hydrogen-bond donors (Lipinski definition) is 0. The number of carbonyl (C=O) groups is 2. The molecule has 0 radical (unpaired) electrons. The van der Waals surface area contributed by atoms with Gasteiger partial charge < -0.3 is 14.5 Å². The second-order valence-corrected chi connectivity index (χ2v) is 8.54. The van der Waals surface area contributed by atoms with Gasteiger partial charge in [0.15, 0.2) is 5.16 Å². The lowest BCUT2D eigenvalue weighted by Gasteiger charge is -2.34. The molecule has 0 unspecified atom stereocenters. The first-order valence-electron chi connectivity index (χ1n) is 10.7. The number of fused-ring (bicyclic) bond motifs is 1. The van der Waals surface area contributed by atoms with Crippen molar-refractivity contribution in [1.29, 1.82) is 0 Å². The number of piperazine rings is 1. The molecule has 2 amide bonds. The molecule has 1 fully saturated rings. The minimum absolute atomic E-state index is 0.0744. The predicted octanol–water partition coefficient (Wildman–Crippen LogP) is 2.48. The molecule has 0 aliphatic carbocycles. The monoisotopic (exact) mass is 467 g/mol. The van der Waals surface area contributed by atoms with Crippen LogP contribution >= 0.6 is 11.8 Å². The number of carbonyl (C=O) groups excluding carboxylic acids is 2. The highest BCUT2D eigenvalue weighted by Gasteiger charge is 2.25. The standard InChI is InChI=1S/C23H25N5O4S/c1-3-32-23(31)27-12-10-26(11-13-27)20(29)15-33-22-25-18-7-5-4-6-17(18)21(30)28(22)19-14-16(2)8-9-24-19/h4-9,14H,3,10-13,15H2,1-2H3. The molecular formula is C23H25N5O4S. The van der Waals surface area contributed by atoms with Gasteiger partial charge in [0, 0.05) is 32.4 Å². The Bertz CT molecular complexity index is 1240. The fraction of sp³-hybridized carbons (Fsp3) is 0.348. The number of aromatic nitrogens is 3. The van der Waals surface area contributed by atoms with Gasteiger partial charge in [-0.05, 0) is 43.7 Å². The van der Waals surface area contributed by atoms with Gasteiger partial charge in [-0.15, -0.1) is 0 Å². The zero-order valence-corrected chi connectivity index (χ0v) is 19.4. The van der Waals surface area contributed by atoms with Crippen LogP contribution < -0.4 is 5.56 Å². The van der Waals surface area contributed by atoms with Crippen molar-refractivity contribution in [2.24, 2.45) is 0 Å². The van der Waals surface area contributed by atoms with Crippen molar-refractivity contribution in [2.75, 3.05) is 38.5 Å². The smallest absolute Gasteiger partial charge is 0.409 e. The number of benzene rings is 1. The van der Waals surface area contributed by atoms with Crippen molar-refractivity contribution in [3.8, 4) is 5.82 Å². The maximum absolute atomic E-state index is 13.3. The van der Waals surface area contributed by atoms with Crippen molar-refractivity contribution in [1.82, 2.24) is 24.3 Å². The number of amides is 2. The van der Waals surface area contributed by atoms with Crippen LogP contribution in [0.2, 0.25) is 0 Å². The number of ether oxygens (including phenoxy) is 1. The van der Waals surface area contributed by atoms with E-state index in [9.17, 15) is 14.4 Å². The maximum atomic E-state index is 13.3. The van der Waals surface area contributed by atoms with Crippen LogP contribution in [-0.2, 0) is 9.53 Å². The molecule has 0 bridgehead atoms. The second kappa shape index (κ2) is 10.0. The number of nitrogens with zero attached hydrogens (tertiary/aromatic N) is 5. The minimum Gasteiger partial charge on any atom is -0.450 e. The van der Waals surface area contributed by atoms with E-state index in [2.05, 4.69) is 9.97 Å². The van der Waals surface area contributed by atoms with Crippen LogP contribution in [0, 0.1) is 6.92 Å². The first kappa shape index (κ1) is 22.8. The van der Waals surface area contributed by atoms with Gasteiger partial charge in [0.25, 0.3) is 5.56 Å². The highest BCUT2D eigenvalue weighted by atomic mass is 32.2. The molecule has 3 aromatic rings. The predicted molar refractivity (Wildman–Crippen MR) is 126 cm³/mol. The molecule has 1 aromatic carbocycles. The molecule has 1 saturated heterocycles. The van der Waals surface area contributed by atoms with E-state index < -0.39 is 0 Å². The van der Waals surface area contributed by atoms with E-state index in [-0.39, 0.29) is 23.3 Å². The quantitative estimate of drug-likeness (QED) is 0.420. The van der Waals surface area contributed by atoms with Crippen LogP contribution in [0.1, 0.15) is 12.5 Å².